The molecule has 21 heavy (non-hydrogen) atoms. The third-order valence-corrected chi connectivity index (χ3v) is 4.53. The standard InChI is InChI=1S/C19H29NO/c1-2-3-4-5-6-10-13-18-14-15-20(19(18)21)16-17-11-8-7-9-12-17/h7-9,11-12,18H,2-6,10,13-16H2,1H3/t18-/m0/s1. The lowest BCUT2D eigenvalue weighted by Crippen LogP contribution is -2.26. The van der Waals surface area contributed by atoms with Gasteiger partial charge in [0.1, 0.15) is 0 Å². The van der Waals surface area contributed by atoms with E-state index in [0.717, 1.165) is 25.9 Å². The Kier molecular flexibility index (Phi) is 6.78. The molecule has 1 aliphatic rings. The van der Waals surface area contributed by atoms with Gasteiger partial charge in [0, 0.05) is 19.0 Å². The van der Waals surface area contributed by atoms with Crippen LogP contribution in [0.15, 0.2) is 30.3 Å². The molecule has 1 amide bonds. The Hall–Kier alpha value is -1.31. The van der Waals surface area contributed by atoms with Crippen molar-refractivity contribution in [3.63, 3.8) is 0 Å². The molecule has 116 valence electrons. The van der Waals surface area contributed by atoms with Gasteiger partial charge in [-0.2, -0.15) is 0 Å². The molecule has 0 bridgehead atoms. The van der Waals surface area contributed by atoms with E-state index in [9.17, 15) is 4.79 Å². The molecule has 2 heteroatoms. The van der Waals surface area contributed by atoms with E-state index >= 15 is 0 Å². The molecule has 0 N–H and O–H groups in total. The van der Waals surface area contributed by atoms with Gasteiger partial charge in [-0.15, -0.1) is 0 Å². The number of nitrogens with zero attached hydrogens (tertiary/aromatic N) is 1. The average Bonchev–Trinajstić information content (AvgIpc) is 2.85. The monoisotopic (exact) mass is 287 g/mol. The molecule has 1 heterocycles. The quantitative estimate of drug-likeness (QED) is 0.598. The lowest BCUT2D eigenvalue weighted by Gasteiger charge is -2.16. The van der Waals surface area contributed by atoms with Crippen molar-refractivity contribution in [2.75, 3.05) is 6.54 Å². The molecule has 1 saturated heterocycles. The van der Waals surface area contributed by atoms with Gasteiger partial charge in [-0.25, -0.2) is 0 Å². The second kappa shape index (κ2) is 8.86. The Balaban J connectivity index is 1.67. The van der Waals surface area contributed by atoms with Crippen LogP contribution in [-0.2, 0) is 11.3 Å². The van der Waals surface area contributed by atoms with Crippen LogP contribution >= 0.6 is 0 Å². The predicted molar refractivity (Wildman–Crippen MR) is 88.0 cm³/mol. The third kappa shape index (κ3) is 5.18. The van der Waals surface area contributed by atoms with E-state index in [4.69, 9.17) is 0 Å². The van der Waals surface area contributed by atoms with Gasteiger partial charge in [-0.3, -0.25) is 4.79 Å². The number of hydrogen-bond donors (Lipinski definition) is 0. The minimum Gasteiger partial charge on any atom is -0.338 e. The summed E-state index contributed by atoms with van der Waals surface area (Å²) in [6, 6.07) is 10.3. The van der Waals surface area contributed by atoms with Crippen LogP contribution in [0.4, 0.5) is 0 Å². The number of rotatable bonds is 9. The predicted octanol–water partition coefficient (Wildman–Crippen LogP) is 4.79. The van der Waals surface area contributed by atoms with Gasteiger partial charge in [-0.1, -0.05) is 75.8 Å². The van der Waals surface area contributed by atoms with E-state index in [1.165, 1.54) is 44.1 Å². The molecular formula is C19H29NO. The SMILES string of the molecule is CCCCCCCC[C@H]1CCN(Cc2ccccc2)C1=O. The van der Waals surface area contributed by atoms with E-state index in [0.29, 0.717) is 11.8 Å². The van der Waals surface area contributed by atoms with Gasteiger partial charge in [0.15, 0.2) is 0 Å². The Labute approximate surface area is 129 Å². The molecule has 2 rings (SSSR count). The maximum atomic E-state index is 12.4. The van der Waals surface area contributed by atoms with Gasteiger partial charge in [-0.05, 0) is 18.4 Å². The molecule has 0 unspecified atom stereocenters. The number of likely N-dealkylation sites (tertiary alicyclic amines) is 1. The molecule has 0 radical (unpaired) electrons. The van der Waals surface area contributed by atoms with E-state index in [1.807, 2.05) is 23.1 Å². The zero-order chi connectivity index (χ0) is 14.9. The lowest BCUT2D eigenvalue weighted by molar-refractivity contribution is -0.131. The molecule has 0 spiro atoms. The van der Waals surface area contributed by atoms with Crippen molar-refractivity contribution < 1.29 is 4.79 Å². The summed E-state index contributed by atoms with van der Waals surface area (Å²) in [5, 5.41) is 0. The first-order valence-electron chi connectivity index (χ1n) is 8.64. The number of carbonyl (C=O) groups is 1. The molecule has 1 atom stereocenters. The summed E-state index contributed by atoms with van der Waals surface area (Å²) in [5.41, 5.74) is 1.24. The number of benzene rings is 1. The first kappa shape index (κ1) is 16.1. The fraction of sp³-hybridized carbons (Fsp3) is 0.632. The fourth-order valence-corrected chi connectivity index (χ4v) is 3.20. The fourth-order valence-electron chi connectivity index (χ4n) is 3.20. The van der Waals surface area contributed by atoms with Crippen LogP contribution in [0.1, 0.15) is 63.9 Å². The summed E-state index contributed by atoms with van der Waals surface area (Å²) in [6.45, 7) is 3.97. The average molecular weight is 287 g/mol. The second-order valence-electron chi connectivity index (χ2n) is 6.29. The maximum absolute atomic E-state index is 12.4. The molecule has 1 aliphatic heterocycles. The minimum atomic E-state index is 0.292. The van der Waals surface area contributed by atoms with Crippen LogP contribution in [0.5, 0.6) is 0 Å². The summed E-state index contributed by atoms with van der Waals surface area (Å²) in [7, 11) is 0. The van der Waals surface area contributed by atoms with Crippen molar-refractivity contribution >= 4 is 5.91 Å². The second-order valence-corrected chi connectivity index (χ2v) is 6.29. The van der Waals surface area contributed by atoms with Gasteiger partial charge < -0.3 is 4.90 Å². The third-order valence-electron chi connectivity index (χ3n) is 4.53. The Morgan fingerprint density at radius 3 is 2.52 bits per heavy atom. The molecule has 0 saturated carbocycles. The van der Waals surface area contributed by atoms with Crippen molar-refractivity contribution in [3.8, 4) is 0 Å². The number of carbonyl (C=O) groups excluding carboxylic acids is 1. The highest BCUT2D eigenvalue weighted by molar-refractivity contribution is 5.80. The zero-order valence-corrected chi connectivity index (χ0v) is 13.4. The van der Waals surface area contributed by atoms with Crippen molar-refractivity contribution in [1.29, 1.82) is 0 Å². The summed E-state index contributed by atoms with van der Waals surface area (Å²) < 4.78 is 0. The maximum Gasteiger partial charge on any atom is 0.226 e. The number of hydrogen-bond acceptors (Lipinski definition) is 1. The minimum absolute atomic E-state index is 0.292. The van der Waals surface area contributed by atoms with Crippen LogP contribution in [0.25, 0.3) is 0 Å². The highest BCUT2D eigenvalue weighted by Gasteiger charge is 2.30. The van der Waals surface area contributed by atoms with E-state index < -0.39 is 0 Å². The van der Waals surface area contributed by atoms with Crippen LogP contribution in [-0.4, -0.2) is 17.4 Å². The van der Waals surface area contributed by atoms with E-state index in [-0.39, 0.29) is 0 Å². The molecule has 0 aliphatic carbocycles. The summed E-state index contributed by atoms with van der Waals surface area (Å²) in [4.78, 5) is 14.4. The Morgan fingerprint density at radius 2 is 1.76 bits per heavy atom. The molecule has 2 nitrogen and oxygen atoms in total. The molecule has 1 aromatic carbocycles. The largest absolute Gasteiger partial charge is 0.338 e. The van der Waals surface area contributed by atoms with Crippen LogP contribution < -0.4 is 0 Å². The molecule has 1 aromatic rings. The highest BCUT2D eigenvalue weighted by Crippen LogP contribution is 2.25. The van der Waals surface area contributed by atoms with Gasteiger partial charge in [0.2, 0.25) is 5.91 Å². The van der Waals surface area contributed by atoms with Crippen molar-refractivity contribution in [1.82, 2.24) is 4.90 Å². The van der Waals surface area contributed by atoms with Gasteiger partial charge in [0.05, 0.1) is 0 Å². The zero-order valence-electron chi connectivity index (χ0n) is 13.4. The molecule has 1 fully saturated rings. The number of amides is 1. The number of unbranched alkanes of at least 4 members (excludes halogenated alkanes) is 5. The normalized spacial score (nSPS) is 18.4. The van der Waals surface area contributed by atoms with Crippen molar-refractivity contribution in [2.24, 2.45) is 5.92 Å². The van der Waals surface area contributed by atoms with Crippen molar-refractivity contribution in [2.45, 2.75) is 64.8 Å². The molecular weight excluding hydrogens is 258 g/mol. The van der Waals surface area contributed by atoms with Gasteiger partial charge >= 0.3 is 0 Å². The first-order valence-corrected chi connectivity index (χ1v) is 8.64. The Morgan fingerprint density at radius 1 is 1.05 bits per heavy atom. The van der Waals surface area contributed by atoms with Crippen molar-refractivity contribution in [3.05, 3.63) is 35.9 Å². The summed E-state index contributed by atoms with van der Waals surface area (Å²) in [6.07, 6.45) is 10.0. The first-order chi connectivity index (χ1) is 10.3. The Bertz CT molecular complexity index is 415. The summed E-state index contributed by atoms with van der Waals surface area (Å²) >= 11 is 0. The smallest absolute Gasteiger partial charge is 0.226 e. The van der Waals surface area contributed by atoms with E-state index in [2.05, 4.69) is 19.1 Å². The van der Waals surface area contributed by atoms with E-state index in [1.54, 1.807) is 0 Å². The van der Waals surface area contributed by atoms with Crippen LogP contribution in [0, 0.1) is 5.92 Å². The van der Waals surface area contributed by atoms with Gasteiger partial charge in [0.25, 0.3) is 0 Å². The van der Waals surface area contributed by atoms with Crippen LogP contribution in [0.2, 0.25) is 0 Å². The van der Waals surface area contributed by atoms with Crippen LogP contribution in [0.3, 0.4) is 0 Å². The lowest BCUT2D eigenvalue weighted by atomic mass is 9.99. The molecule has 0 aromatic heterocycles. The summed E-state index contributed by atoms with van der Waals surface area (Å²) in [5.74, 6) is 0.673. The topological polar surface area (TPSA) is 20.3 Å². The highest BCUT2D eigenvalue weighted by atomic mass is 16.2.